The van der Waals surface area contributed by atoms with Gasteiger partial charge in [-0.05, 0) is 40.5 Å². The van der Waals surface area contributed by atoms with Gasteiger partial charge in [-0.1, -0.05) is 27.5 Å². The summed E-state index contributed by atoms with van der Waals surface area (Å²) in [6, 6.07) is 3.76. The van der Waals surface area contributed by atoms with E-state index in [9.17, 15) is 0 Å². The molecule has 0 amide bonds. The lowest BCUT2D eigenvalue weighted by molar-refractivity contribution is 0.275. The number of hydrogen-bond acceptors (Lipinski definition) is 3. The SMILES string of the molecule is COc1cc(CBr)cc(Cl)c1OCc1c(Br)c(C)nn1C. The van der Waals surface area contributed by atoms with Gasteiger partial charge in [0.1, 0.15) is 6.61 Å². The number of methoxy groups -OCH3 is 1. The van der Waals surface area contributed by atoms with Crippen molar-refractivity contribution in [1.29, 1.82) is 0 Å². The predicted octanol–water partition coefficient (Wildman–Crippen LogP) is 4.63. The number of aryl methyl sites for hydroxylation is 2. The number of rotatable bonds is 5. The van der Waals surface area contributed by atoms with Gasteiger partial charge in [0.05, 0.1) is 28.0 Å². The standard InChI is InChI=1S/C14H15Br2ClN2O2/c1-8-13(16)11(19(2)18-8)7-21-14-10(17)4-9(6-15)5-12(14)20-3/h4-5H,6-7H2,1-3H3. The highest BCUT2D eigenvalue weighted by atomic mass is 79.9. The average Bonchev–Trinajstić information content (AvgIpc) is 2.70. The minimum absolute atomic E-state index is 0.349. The van der Waals surface area contributed by atoms with Gasteiger partial charge in [-0.25, -0.2) is 0 Å². The van der Waals surface area contributed by atoms with Crippen molar-refractivity contribution in [3.05, 3.63) is 38.6 Å². The molecule has 7 heteroatoms. The third kappa shape index (κ3) is 3.55. The summed E-state index contributed by atoms with van der Waals surface area (Å²) in [4.78, 5) is 0. The Balaban J connectivity index is 2.27. The molecule has 0 bridgehead atoms. The van der Waals surface area contributed by atoms with Crippen molar-refractivity contribution in [3.63, 3.8) is 0 Å². The van der Waals surface area contributed by atoms with Crippen LogP contribution in [0.25, 0.3) is 0 Å². The highest BCUT2D eigenvalue weighted by Gasteiger charge is 2.15. The van der Waals surface area contributed by atoms with Crippen molar-refractivity contribution < 1.29 is 9.47 Å². The van der Waals surface area contributed by atoms with E-state index in [1.54, 1.807) is 11.8 Å². The van der Waals surface area contributed by atoms with E-state index in [0.29, 0.717) is 28.5 Å². The fourth-order valence-electron chi connectivity index (χ4n) is 1.97. The van der Waals surface area contributed by atoms with Crippen molar-refractivity contribution in [2.24, 2.45) is 7.05 Å². The molecule has 0 N–H and O–H groups in total. The van der Waals surface area contributed by atoms with E-state index in [0.717, 1.165) is 21.4 Å². The lowest BCUT2D eigenvalue weighted by Crippen LogP contribution is -2.05. The van der Waals surface area contributed by atoms with Gasteiger partial charge in [-0.2, -0.15) is 5.10 Å². The van der Waals surface area contributed by atoms with E-state index in [1.807, 2.05) is 26.1 Å². The molecule has 1 aromatic heterocycles. The Kier molecular flexibility index (Phi) is 5.57. The zero-order valence-corrected chi connectivity index (χ0v) is 15.8. The quantitative estimate of drug-likeness (QED) is 0.639. The number of hydrogen-bond donors (Lipinski definition) is 0. The molecule has 0 spiro atoms. The molecule has 2 aromatic rings. The third-order valence-corrected chi connectivity index (χ3v) is 5.02. The van der Waals surface area contributed by atoms with Crippen molar-refractivity contribution in [1.82, 2.24) is 9.78 Å². The van der Waals surface area contributed by atoms with Crippen LogP contribution in [0.2, 0.25) is 5.02 Å². The maximum atomic E-state index is 6.28. The minimum atomic E-state index is 0.349. The Morgan fingerprint density at radius 2 is 2.10 bits per heavy atom. The summed E-state index contributed by atoms with van der Waals surface area (Å²) in [5.74, 6) is 1.15. The van der Waals surface area contributed by atoms with Crippen LogP contribution in [-0.4, -0.2) is 16.9 Å². The molecule has 2 rings (SSSR count). The van der Waals surface area contributed by atoms with E-state index in [2.05, 4.69) is 37.0 Å². The van der Waals surface area contributed by atoms with E-state index >= 15 is 0 Å². The molecule has 0 unspecified atom stereocenters. The number of alkyl halides is 1. The average molecular weight is 439 g/mol. The first-order valence-corrected chi connectivity index (χ1v) is 8.50. The zero-order valence-electron chi connectivity index (χ0n) is 11.9. The Hall–Kier alpha value is -0.720. The van der Waals surface area contributed by atoms with Crippen LogP contribution in [0, 0.1) is 6.92 Å². The highest BCUT2D eigenvalue weighted by Crippen LogP contribution is 2.37. The zero-order chi connectivity index (χ0) is 15.6. The van der Waals surface area contributed by atoms with Gasteiger partial charge < -0.3 is 9.47 Å². The molecule has 0 atom stereocenters. The minimum Gasteiger partial charge on any atom is -0.493 e. The van der Waals surface area contributed by atoms with Gasteiger partial charge in [0.25, 0.3) is 0 Å². The molecular weight excluding hydrogens is 423 g/mol. The molecule has 0 fully saturated rings. The number of nitrogens with zero attached hydrogens (tertiary/aromatic N) is 2. The molecule has 1 heterocycles. The van der Waals surface area contributed by atoms with Crippen molar-refractivity contribution in [2.75, 3.05) is 7.11 Å². The lowest BCUT2D eigenvalue weighted by atomic mass is 10.2. The van der Waals surface area contributed by atoms with Crippen molar-refractivity contribution >= 4 is 43.5 Å². The maximum Gasteiger partial charge on any atom is 0.180 e. The van der Waals surface area contributed by atoms with Gasteiger partial charge in [0.2, 0.25) is 0 Å². The summed E-state index contributed by atoms with van der Waals surface area (Å²) in [5.41, 5.74) is 2.89. The van der Waals surface area contributed by atoms with Crippen LogP contribution in [0.4, 0.5) is 0 Å². The summed E-state index contributed by atoms with van der Waals surface area (Å²) >= 11 is 13.2. The molecule has 0 aliphatic heterocycles. The summed E-state index contributed by atoms with van der Waals surface area (Å²) in [7, 11) is 3.48. The molecule has 0 aliphatic carbocycles. The molecule has 1 aromatic carbocycles. The van der Waals surface area contributed by atoms with Crippen LogP contribution in [0.3, 0.4) is 0 Å². The number of aromatic nitrogens is 2. The second-order valence-corrected chi connectivity index (χ2v) is 6.26. The van der Waals surface area contributed by atoms with Crippen LogP contribution in [0.1, 0.15) is 17.0 Å². The van der Waals surface area contributed by atoms with Crippen molar-refractivity contribution in [3.8, 4) is 11.5 Å². The monoisotopic (exact) mass is 436 g/mol. The van der Waals surface area contributed by atoms with Gasteiger partial charge >= 0.3 is 0 Å². The first-order valence-electron chi connectivity index (χ1n) is 6.21. The Labute approximate surface area is 145 Å². The van der Waals surface area contributed by atoms with Gasteiger partial charge in [-0.3, -0.25) is 4.68 Å². The predicted molar refractivity (Wildman–Crippen MR) is 90.6 cm³/mol. The number of benzene rings is 1. The molecule has 21 heavy (non-hydrogen) atoms. The smallest absolute Gasteiger partial charge is 0.180 e. The van der Waals surface area contributed by atoms with E-state index < -0.39 is 0 Å². The molecule has 0 aliphatic rings. The molecule has 4 nitrogen and oxygen atoms in total. The first-order chi connectivity index (χ1) is 9.97. The number of halogens is 3. The van der Waals surface area contributed by atoms with Crippen LogP contribution in [0.15, 0.2) is 16.6 Å². The molecule has 0 saturated carbocycles. The topological polar surface area (TPSA) is 36.3 Å². The molecule has 114 valence electrons. The van der Waals surface area contributed by atoms with Crippen LogP contribution in [0.5, 0.6) is 11.5 Å². The molecule has 0 saturated heterocycles. The fraction of sp³-hybridized carbons (Fsp3) is 0.357. The molecular formula is C14H15Br2ClN2O2. The Morgan fingerprint density at radius 1 is 1.38 bits per heavy atom. The van der Waals surface area contributed by atoms with E-state index in [-0.39, 0.29) is 0 Å². The summed E-state index contributed by atoms with van der Waals surface area (Å²) in [6.45, 7) is 2.29. The van der Waals surface area contributed by atoms with E-state index in [1.165, 1.54) is 0 Å². The normalized spacial score (nSPS) is 10.8. The number of ether oxygens (including phenoxy) is 2. The molecule has 0 radical (unpaired) electrons. The van der Waals surface area contributed by atoms with Gasteiger partial charge in [0, 0.05) is 12.4 Å². The lowest BCUT2D eigenvalue weighted by Gasteiger charge is -2.14. The van der Waals surface area contributed by atoms with Gasteiger partial charge in [-0.15, -0.1) is 0 Å². The highest BCUT2D eigenvalue weighted by molar-refractivity contribution is 9.10. The second kappa shape index (κ2) is 7.03. The first kappa shape index (κ1) is 16.6. The fourth-order valence-corrected chi connectivity index (χ4v) is 3.03. The van der Waals surface area contributed by atoms with Gasteiger partial charge in [0.15, 0.2) is 11.5 Å². The Morgan fingerprint density at radius 3 is 2.62 bits per heavy atom. The third-order valence-electron chi connectivity index (χ3n) is 3.06. The van der Waals surface area contributed by atoms with Crippen LogP contribution in [-0.2, 0) is 19.0 Å². The summed E-state index contributed by atoms with van der Waals surface area (Å²) in [5, 5.41) is 5.57. The van der Waals surface area contributed by atoms with Crippen LogP contribution < -0.4 is 9.47 Å². The van der Waals surface area contributed by atoms with Crippen molar-refractivity contribution in [2.45, 2.75) is 18.9 Å². The Bertz CT molecular complexity index is 659. The largest absolute Gasteiger partial charge is 0.493 e. The van der Waals surface area contributed by atoms with Crippen LogP contribution >= 0.6 is 43.5 Å². The summed E-state index contributed by atoms with van der Waals surface area (Å²) in [6.07, 6.45) is 0. The maximum absolute atomic E-state index is 6.28. The summed E-state index contributed by atoms with van der Waals surface area (Å²) < 4.78 is 13.9. The second-order valence-electron chi connectivity index (χ2n) is 4.50. The van der Waals surface area contributed by atoms with E-state index in [4.69, 9.17) is 21.1 Å².